The highest BCUT2D eigenvalue weighted by molar-refractivity contribution is 7.20. The Kier molecular flexibility index (Phi) is 5.87. The summed E-state index contributed by atoms with van der Waals surface area (Å²) in [5, 5.41) is 7.44. The Bertz CT molecular complexity index is 1210. The second-order valence-corrected chi connectivity index (χ2v) is 9.07. The van der Waals surface area contributed by atoms with Crippen LogP contribution in [0.15, 0.2) is 59.5 Å². The van der Waals surface area contributed by atoms with Gasteiger partial charge in [0.25, 0.3) is 5.91 Å². The number of hydrogen-bond acceptors (Lipinski definition) is 7. The number of carbonyl (C=O) groups is 1. The van der Waals surface area contributed by atoms with Crippen LogP contribution in [-0.2, 0) is 13.1 Å². The van der Waals surface area contributed by atoms with Crippen molar-refractivity contribution in [3.63, 3.8) is 0 Å². The molecule has 0 bridgehead atoms. The smallest absolute Gasteiger partial charge is 0.261 e. The van der Waals surface area contributed by atoms with Crippen LogP contribution in [0.2, 0.25) is 0 Å². The lowest BCUT2D eigenvalue weighted by atomic mass is 10.2. The van der Waals surface area contributed by atoms with Crippen LogP contribution in [0.25, 0.3) is 10.2 Å². The van der Waals surface area contributed by atoms with Gasteiger partial charge in [-0.2, -0.15) is 0 Å². The Balaban J connectivity index is 1.27. The molecular formula is C24H25N5O2S. The van der Waals surface area contributed by atoms with Gasteiger partial charge in [-0.15, -0.1) is 11.3 Å². The van der Waals surface area contributed by atoms with Gasteiger partial charge in [-0.05, 0) is 36.6 Å². The van der Waals surface area contributed by atoms with Gasteiger partial charge < -0.3 is 15.1 Å². The predicted molar refractivity (Wildman–Crippen MR) is 126 cm³/mol. The van der Waals surface area contributed by atoms with Gasteiger partial charge in [-0.1, -0.05) is 30.3 Å². The molecule has 2 N–H and O–H groups in total. The maximum Gasteiger partial charge on any atom is 0.261 e. The lowest BCUT2D eigenvalue weighted by molar-refractivity contribution is 0.0941. The Labute approximate surface area is 190 Å². The number of carbonyl (C=O) groups excluding carboxylic acids is 1. The number of nitrogens with zero attached hydrogens (tertiary/aromatic N) is 3. The molecule has 1 saturated heterocycles. The van der Waals surface area contributed by atoms with Crippen LogP contribution < -0.4 is 10.6 Å². The van der Waals surface area contributed by atoms with E-state index in [0.717, 1.165) is 47.6 Å². The number of aryl methyl sites for hydroxylation is 1. The molecule has 164 valence electrons. The van der Waals surface area contributed by atoms with Crippen molar-refractivity contribution in [1.29, 1.82) is 0 Å². The molecule has 4 heterocycles. The van der Waals surface area contributed by atoms with E-state index < -0.39 is 0 Å². The summed E-state index contributed by atoms with van der Waals surface area (Å²) in [6.45, 7) is 5.24. The molecule has 1 aliphatic heterocycles. The maximum atomic E-state index is 13.1. The Morgan fingerprint density at radius 3 is 2.91 bits per heavy atom. The van der Waals surface area contributed by atoms with E-state index in [-0.39, 0.29) is 11.9 Å². The fourth-order valence-corrected chi connectivity index (χ4v) is 5.24. The van der Waals surface area contributed by atoms with Crippen LogP contribution in [0.1, 0.15) is 33.0 Å². The van der Waals surface area contributed by atoms with E-state index in [1.807, 2.05) is 25.1 Å². The molecular weight excluding hydrogens is 422 g/mol. The molecule has 1 aromatic carbocycles. The molecule has 1 atom stereocenters. The first-order chi connectivity index (χ1) is 15.7. The summed E-state index contributed by atoms with van der Waals surface area (Å²) < 4.78 is 5.39. The zero-order chi connectivity index (χ0) is 21.9. The van der Waals surface area contributed by atoms with Gasteiger partial charge in [0.15, 0.2) is 0 Å². The lowest BCUT2D eigenvalue weighted by Gasteiger charge is -2.16. The lowest BCUT2D eigenvalue weighted by Crippen LogP contribution is -2.36. The van der Waals surface area contributed by atoms with Crippen molar-refractivity contribution < 1.29 is 9.21 Å². The molecule has 0 saturated carbocycles. The standard InChI is InChI=1S/C24H25N5O2S/c1-16-20-22(25-12-19-8-5-11-31-19)26-15-27-24(20)32-21(16)23(30)28-18-9-10-29(14-18)13-17-6-3-2-4-7-17/h2-8,11,15,18H,9-10,12-14H2,1H3,(H,28,30)(H,25,26,27)/t18-/m0/s1. The zero-order valence-electron chi connectivity index (χ0n) is 17.9. The number of amides is 1. The van der Waals surface area contributed by atoms with Crippen LogP contribution >= 0.6 is 11.3 Å². The minimum absolute atomic E-state index is 0.0333. The minimum Gasteiger partial charge on any atom is -0.467 e. The predicted octanol–water partition coefficient (Wildman–Crippen LogP) is 4.21. The summed E-state index contributed by atoms with van der Waals surface area (Å²) in [5.74, 6) is 1.51. The molecule has 1 fully saturated rings. The fraction of sp³-hybridized carbons (Fsp3) is 0.292. The van der Waals surface area contributed by atoms with Gasteiger partial charge in [-0.3, -0.25) is 9.69 Å². The van der Waals surface area contributed by atoms with Gasteiger partial charge >= 0.3 is 0 Å². The zero-order valence-corrected chi connectivity index (χ0v) is 18.7. The van der Waals surface area contributed by atoms with Crippen LogP contribution in [0.3, 0.4) is 0 Å². The molecule has 1 aliphatic rings. The molecule has 1 amide bonds. The van der Waals surface area contributed by atoms with Gasteiger partial charge in [0, 0.05) is 25.7 Å². The number of likely N-dealkylation sites (tertiary alicyclic amines) is 1. The number of furan rings is 1. The quantitative estimate of drug-likeness (QED) is 0.442. The van der Waals surface area contributed by atoms with E-state index >= 15 is 0 Å². The number of thiophene rings is 1. The molecule has 0 radical (unpaired) electrons. The molecule has 4 aromatic rings. The van der Waals surface area contributed by atoms with Gasteiger partial charge in [0.2, 0.25) is 0 Å². The average molecular weight is 448 g/mol. The molecule has 5 rings (SSSR count). The first-order valence-electron chi connectivity index (χ1n) is 10.7. The number of nitrogens with one attached hydrogen (secondary N) is 2. The number of benzene rings is 1. The molecule has 0 spiro atoms. The molecule has 7 nitrogen and oxygen atoms in total. The third-order valence-electron chi connectivity index (χ3n) is 5.80. The van der Waals surface area contributed by atoms with E-state index in [2.05, 4.69) is 49.8 Å². The van der Waals surface area contributed by atoms with Gasteiger partial charge in [0.05, 0.1) is 23.1 Å². The average Bonchev–Trinajstić information content (AvgIpc) is 3.54. The number of fused-ring (bicyclic) bond motifs is 1. The Morgan fingerprint density at radius 2 is 2.09 bits per heavy atom. The summed E-state index contributed by atoms with van der Waals surface area (Å²) in [4.78, 5) is 25.8. The second-order valence-electron chi connectivity index (χ2n) is 8.07. The van der Waals surface area contributed by atoms with Crippen LogP contribution in [0.5, 0.6) is 0 Å². The highest BCUT2D eigenvalue weighted by atomic mass is 32.1. The van der Waals surface area contributed by atoms with Crippen LogP contribution in [0.4, 0.5) is 5.82 Å². The number of aromatic nitrogens is 2. The fourth-order valence-electron chi connectivity index (χ4n) is 4.19. The number of hydrogen-bond donors (Lipinski definition) is 2. The Hall–Kier alpha value is -3.23. The minimum atomic E-state index is -0.0333. The first-order valence-corrected chi connectivity index (χ1v) is 11.6. The number of rotatable bonds is 7. The van der Waals surface area contributed by atoms with Crippen molar-refractivity contribution in [2.24, 2.45) is 0 Å². The van der Waals surface area contributed by atoms with Crippen LogP contribution in [0, 0.1) is 6.92 Å². The summed E-state index contributed by atoms with van der Waals surface area (Å²) in [6.07, 6.45) is 4.13. The largest absolute Gasteiger partial charge is 0.467 e. The highest BCUT2D eigenvalue weighted by Gasteiger charge is 2.26. The van der Waals surface area contributed by atoms with E-state index in [0.29, 0.717) is 17.2 Å². The van der Waals surface area contributed by atoms with Crippen molar-refractivity contribution in [1.82, 2.24) is 20.2 Å². The molecule has 8 heteroatoms. The van der Waals surface area contributed by atoms with Crippen molar-refractivity contribution in [3.8, 4) is 0 Å². The van der Waals surface area contributed by atoms with E-state index in [9.17, 15) is 4.79 Å². The SMILES string of the molecule is Cc1c(C(=O)N[C@H]2CCN(Cc3ccccc3)C2)sc2ncnc(NCc3ccco3)c12. The molecule has 3 aromatic heterocycles. The maximum absolute atomic E-state index is 13.1. The molecule has 32 heavy (non-hydrogen) atoms. The second kappa shape index (κ2) is 9.10. The van der Waals surface area contributed by atoms with E-state index in [1.54, 1.807) is 6.26 Å². The monoisotopic (exact) mass is 447 g/mol. The summed E-state index contributed by atoms with van der Waals surface area (Å²) >= 11 is 1.42. The highest BCUT2D eigenvalue weighted by Crippen LogP contribution is 2.33. The third-order valence-corrected chi connectivity index (χ3v) is 7.00. The third kappa shape index (κ3) is 4.37. The van der Waals surface area contributed by atoms with Gasteiger partial charge in [-0.25, -0.2) is 9.97 Å². The molecule has 0 unspecified atom stereocenters. The number of anilines is 1. The first kappa shape index (κ1) is 20.7. The summed E-state index contributed by atoms with van der Waals surface area (Å²) in [6, 6.07) is 14.4. The normalized spacial score (nSPS) is 16.5. The van der Waals surface area contributed by atoms with Crippen LogP contribution in [-0.4, -0.2) is 39.9 Å². The van der Waals surface area contributed by atoms with E-state index in [4.69, 9.17) is 4.42 Å². The van der Waals surface area contributed by atoms with Crippen molar-refractivity contribution in [3.05, 3.63) is 76.8 Å². The van der Waals surface area contributed by atoms with Gasteiger partial charge in [0.1, 0.15) is 22.7 Å². The van der Waals surface area contributed by atoms with Crippen molar-refractivity contribution in [2.45, 2.75) is 32.5 Å². The van der Waals surface area contributed by atoms with Crippen molar-refractivity contribution in [2.75, 3.05) is 18.4 Å². The summed E-state index contributed by atoms with van der Waals surface area (Å²) in [5.41, 5.74) is 2.21. The topological polar surface area (TPSA) is 83.3 Å². The van der Waals surface area contributed by atoms with E-state index in [1.165, 1.54) is 23.2 Å². The summed E-state index contributed by atoms with van der Waals surface area (Å²) in [7, 11) is 0. The molecule has 0 aliphatic carbocycles. The van der Waals surface area contributed by atoms with Crippen molar-refractivity contribution >= 4 is 33.3 Å². The Morgan fingerprint density at radius 1 is 1.22 bits per heavy atom.